The molecule has 0 fully saturated rings. The van der Waals surface area contributed by atoms with Gasteiger partial charge < -0.3 is 4.74 Å². The first kappa shape index (κ1) is 17.9. The molecule has 1 atom stereocenters. The normalized spacial score (nSPS) is 13.0. The van der Waals surface area contributed by atoms with Crippen LogP contribution >= 0.6 is 11.6 Å². The van der Waals surface area contributed by atoms with Crippen molar-refractivity contribution in [3.8, 4) is 0 Å². The maximum absolute atomic E-state index is 12.3. The molecule has 2 aromatic rings. The number of hydrogen-bond acceptors (Lipinski definition) is 3. The summed E-state index contributed by atoms with van der Waals surface area (Å²) in [6, 6.07) is 13.9. The standard InChI is InChI=1S/C17H20ClNO3S/c1-3-22-17(14-6-8-15(18)9-7-14)12-19-23(20,21)16-10-4-13(2)5-11-16/h4-11,17,19H,3,12H2,1-2H3. The predicted octanol–water partition coefficient (Wildman–Crippen LogP) is 3.70. The van der Waals surface area contributed by atoms with E-state index in [1.165, 1.54) is 0 Å². The average Bonchev–Trinajstić information content (AvgIpc) is 2.53. The van der Waals surface area contributed by atoms with Crippen molar-refractivity contribution in [3.63, 3.8) is 0 Å². The first-order valence-corrected chi connectivity index (χ1v) is 9.22. The van der Waals surface area contributed by atoms with E-state index in [1.54, 1.807) is 36.4 Å². The van der Waals surface area contributed by atoms with Crippen molar-refractivity contribution in [1.29, 1.82) is 0 Å². The summed E-state index contributed by atoms with van der Waals surface area (Å²) < 4.78 is 33.0. The number of rotatable bonds is 7. The number of hydrogen-bond donors (Lipinski definition) is 1. The Morgan fingerprint density at radius 2 is 1.70 bits per heavy atom. The fraction of sp³-hybridized carbons (Fsp3) is 0.294. The Labute approximate surface area is 142 Å². The first-order valence-electron chi connectivity index (χ1n) is 7.36. The molecule has 0 bridgehead atoms. The van der Waals surface area contributed by atoms with Gasteiger partial charge in [0.25, 0.3) is 0 Å². The number of benzene rings is 2. The molecule has 6 heteroatoms. The Bertz CT molecular complexity index is 727. The third-order valence-corrected chi connectivity index (χ3v) is 5.09. The van der Waals surface area contributed by atoms with Crippen LogP contribution in [0.3, 0.4) is 0 Å². The van der Waals surface area contributed by atoms with Crippen molar-refractivity contribution < 1.29 is 13.2 Å². The molecule has 0 aromatic heterocycles. The van der Waals surface area contributed by atoms with Crippen LogP contribution in [0, 0.1) is 6.92 Å². The Morgan fingerprint density at radius 3 is 2.26 bits per heavy atom. The SMILES string of the molecule is CCOC(CNS(=O)(=O)c1ccc(C)cc1)c1ccc(Cl)cc1. The lowest BCUT2D eigenvalue weighted by Gasteiger charge is -2.18. The molecule has 124 valence electrons. The highest BCUT2D eigenvalue weighted by molar-refractivity contribution is 7.89. The molecular weight excluding hydrogens is 334 g/mol. The highest BCUT2D eigenvalue weighted by Crippen LogP contribution is 2.20. The molecule has 0 saturated heterocycles. The number of ether oxygens (including phenoxy) is 1. The monoisotopic (exact) mass is 353 g/mol. The van der Waals surface area contributed by atoms with Gasteiger partial charge in [0.1, 0.15) is 0 Å². The topological polar surface area (TPSA) is 55.4 Å². The van der Waals surface area contributed by atoms with E-state index in [0.717, 1.165) is 11.1 Å². The summed E-state index contributed by atoms with van der Waals surface area (Å²) in [6.45, 7) is 4.43. The molecule has 2 aromatic carbocycles. The molecule has 0 heterocycles. The maximum atomic E-state index is 12.3. The van der Waals surface area contributed by atoms with E-state index in [9.17, 15) is 8.42 Å². The largest absolute Gasteiger partial charge is 0.372 e. The van der Waals surface area contributed by atoms with E-state index < -0.39 is 10.0 Å². The lowest BCUT2D eigenvalue weighted by molar-refractivity contribution is 0.0662. The van der Waals surface area contributed by atoms with Gasteiger partial charge in [-0.1, -0.05) is 41.4 Å². The van der Waals surface area contributed by atoms with Crippen LogP contribution in [0.1, 0.15) is 24.2 Å². The van der Waals surface area contributed by atoms with Gasteiger partial charge in [-0.25, -0.2) is 13.1 Å². The second-order valence-corrected chi connectivity index (χ2v) is 7.36. The van der Waals surface area contributed by atoms with Crippen LogP contribution in [0.25, 0.3) is 0 Å². The molecule has 1 N–H and O–H groups in total. The van der Waals surface area contributed by atoms with Crippen LogP contribution in [0.5, 0.6) is 0 Å². The average molecular weight is 354 g/mol. The zero-order valence-corrected chi connectivity index (χ0v) is 14.7. The molecule has 0 aliphatic heterocycles. The molecule has 1 unspecified atom stereocenters. The van der Waals surface area contributed by atoms with Crippen molar-refractivity contribution in [1.82, 2.24) is 4.72 Å². The number of halogens is 1. The summed E-state index contributed by atoms with van der Waals surface area (Å²) in [5.74, 6) is 0. The lowest BCUT2D eigenvalue weighted by Crippen LogP contribution is -2.29. The smallest absolute Gasteiger partial charge is 0.240 e. The maximum Gasteiger partial charge on any atom is 0.240 e. The third kappa shape index (κ3) is 5.04. The first-order chi connectivity index (χ1) is 10.9. The Kier molecular flexibility index (Phi) is 6.18. The van der Waals surface area contributed by atoms with Gasteiger partial charge in [-0.15, -0.1) is 0 Å². The zero-order valence-electron chi connectivity index (χ0n) is 13.1. The van der Waals surface area contributed by atoms with E-state index in [-0.39, 0.29) is 17.5 Å². The van der Waals surface area contributed by atoms with Crippen LogP contribution in [0.15, 0.2) is 53.4 Å². The van der Waals surface area contributed by atoms with Gasteiger partial charge in [-0.2, -0.15) is 0 Å². The predicted molar refractivity (Wildman–Crippen MR) is 92.2 cm³/mol. The van der Waals surface area contributed by atoms with Gasteiger partial charge in [0, 0.05) is 18.2 Å². The van der Waals surface area contributed by atoms with E-state index in [2.05, 4.69) is 4.72 Å². The van der Waals surface area contributed by atoms with E-state index in [4.69, 9.17) is 16.3 Å². The van der Waals surface area contributed by atoms with Crippen molar-refractivity contribution in [2.45, 2.75) is 24.8 Å². The molecule has 0 radical (unpaired) electrons. The Morgan fingerprint density at radius 1 is 1.09 bits per heavy atom. The lowest BCUT2D eigenvalue weighted by atomic mass is 10.1. The van der Waals surface area contributed by atoms with Crippen LogP contribution < -0.4 is 4.72 Å². The second-order valence-electron chi connectivity index (χ2n) is 5.16. The van der Waals surface area contributed by atoms with Gasteiger partial charge in [-0.3, -0.25) is 0 Å². The molecule has 0 aliphatic rings. The molecule has 0 amide bonds. The summed E-state index contributed by atoms with van der Waals surface area (Å²) in [4.78, 5) is 0.245. The zero-order chi connectivity index (χ0) is 16.9. The Balaban J connectivity index is 2.11. The molecule has 0 saturated carbocycles. The fourth-order valence-electron chi connectivity index (χ4n) is 2.14. The van der Waals surface area contributed by atoms with Gasteiger partial charge in [0.15, 0.2) is 0 Å². The molecule has 23 heavy (non-hydrogen) atoms. The van der Waals surface area contributed by atoms with E-state index >= 15 is 0 Å². The van der Waals surface area contributed by atoms with Gasteiger partial charge in [-0.05, 0) is 43.7 Å². The Hall–Kier alpha value is -1.40. The van der Waals surface area contributed by atoms with E-state index in [1.807, 2.05) is 26.0 Å². The van der Waals surface area contributed by atoms with Gasteiger partial charge in [0.05, 0.1) is 11.0 Å². The third-order valence-electron chi connectivity index (χ3n) is 3.40. The minimum Gasteiger partial charge on any atom is -0.372 e. The summed E-state index contributed by atoms with van der Waals surface area (Å²) in [5, 5.41) is 0.629. The summed E-state index contributed by atoms with van der Waals surface area (Å²) in [5.41, 5.74) is 1.89. The van der Waals surface area contributed by atoms with Crippen molar-refractivity contribution >= 4 is 21.6 Å². The van der Waals surface area contributed by atoms with Crippen LogP contribution in [-0.4, -0.2) is 21.6 Å². The van der Waals surface area contributed by atoms with Crippen LogP contribution in [0.4, 0.5) is 0 Å². The fourth-order valence-corrected chi connectivity index (χ4v) is 3.30. The highest BCUT2D eigenvalue weighted by atomic mass is 35.5. The van der Waals surface area contributed by atoms with Crippen LogP contribution in [0.2, 0.25) is 5.02 Å². The molecular formula is C17H20ClNO3S. The second kappa shape index (κ2) is 7.93. The molecule has 0 aliphatic carbocycles. The molecule has 4 nitrogen and oxygen atoms in total. The quantitative estimate of drug-likeness (QED) is 0.825. The summed E-state index contributed by atoms with van der Waals surface area (Å²) in [7, 11) is -3.56. The van der Waals surface area contributed by atoms with Crippen LogP contribution in [-0.2, 0) is 14.8 Å². The van der Waals surface area contributed by atoms with Crippen molar-refractivity contribution in [3.05, 3.63) is 64.7 Å². The highest BCUT2D eigenvalue weighted by Gasteiger charge is 2.18. The van der Waals surface area contributed by atoms with Gasteiger partial charge >= 0.3 is 0 Å². The van der Waals surface area contributed by atoms with Gasteiger partial charge in [0.2, 0.25) is 10.0 Å². The van der Waals surface area contributed by atoms with Crippen molar-refractivity contribution in [2.24, 2.45) is 0 Å². The minimum atomic E-state index is -3.56. The number of sulfonamides is 1. The minimum absolute atomic E-state index is 0.158. The molecule has 2 rings (SSSR count). The van der Waals surface area contributed by atoms with Crippen molar-refractivity contribution in [2.75, 3.05) is 13.2 Å². The number of nitrogens with one attached hydrogen (secondary N) is 1. The summed E-state index contributed by atoms with van der Waals surface area (Å²) >= 11 is 5.88. The molecule has 0 spiro atoms. The summed E-state index contributed by atoms with van der Waals surface area (Å²) in [6.07, 6.45) is -0.363. The van der Waals surface area contributed by atoms with E-state index in [0.29, 0.717) is 11.6 Å². The number of aryl methyl sites for hydroxylation is 1.